The molecule has 194 valence electrons. The van der Waals surface area contributed by atoms with Gasteiger partial charge in [0, 0.05) is 36.6 Å². The van der Waals surface area contributed by atoms with Gasteiger partial charge in [0.25, 0.3) is 0 Å². The zero-order valence-electron chi connectivity index (χ0n) is 23.0. The second-order valence-electron chi connectivity index (χ2n) is 14.3. The number of phenols is 1. The van der Waals surface area contributed by atoms with Gasteiger partial charge >= 0.3 is 0 Å². The summed E-state index contributed by atoms with van der Waals surface area (Å²) in [6, 6.07) is 4.34. The summed E-state index contributed by atoms with van der Waals surface area (Å²) in [5.74, 6) is 1.57. The first-order valence-electron chi connectivity index (χ1n) is 13.7. The molecule has 0 radical (unpaired) electrons. The molecule has 1 spiro atoms. The molecule has 5 aliphatic rings. The van der Waals surface area contributed by atoms with E-state index in [1.165, 1.54) is 30.5 Å². The molecule has 2 saturated carbocycles. The molecule has 5 heteroatoms. The van der Waals surface area contributed by atoms with Gasteiger partial charge in [-0.3, -0.25) is 4.90 Å². The van der Waals surface area contributed by atoms with Crippen molar-refractivity contribution < 1.29 is 19.7 Å². The summed E-state index contributed by atoms with van der Waals surface area (Å²) in [4.78, 5) is 2.77. The highest BCUT2D eigenvalue weighted by Gasteiger charge is 2.82. The van der Waals surface area contributed by atoms with E-state index in [0.29, 0.717) is 11.8 Å². The maximum Gasteiger partial charge on any atom is 0.166 e. The van der Waals surface area contributed by atoms with Gasteiger partial charge < -0.3 is 19.7 Å². The molecule has 7 atom stereocenters. The highest BCUT2D eigenvalue weighted by Crippen LogP contribution is 2.76. The minimum absolute atomic E-state index is 0.126. The number of nitrogens with zero attached hydrogens (tertiary/aromatic N) is 1. The van der Waals surface area contributed by atoms with Crippen molar-refractivity contribution in [2.75, 3.05) is 20.2 Å². The molecule has 3 aliphatic carbocycles. The van der Waals surface area contributed by atoms with E-state index in [0.717, 1.165) is 31.7 Å². The number of piperidine rings is 1. The van der Waals surface area contributed by atoms with Gasteiger partial charge in [0.15, 0.2) is 11.5 Å². The molecule has 35 heavy (non-hydrogen) atoms. The average Bonchev–Trinajstić information content (AvgIpc) is 3.53. The van der Waals surface area contributed by atoms with Crippen LogP contribution in [0.1, 0.15) is 85.3 Å². The maximum absolute atomic E-state index is 12.3. The third kappa shape index (κ3) is 2.56. The van der Waals surface area contributed by atoms with Crippen LogP contribution < -0.4 is 4.74 Å². The number of likely N-dealkylation sites (tertiary alicyclic amines) is 1. The molecule has 2 N–H and O–H groups in total. The lowest BCUT2D eigenvalue weighted by Crippen LogP contribution is -2.83. The molecular weight excluding hydrogens is 438 g/mol. The van der Waals surface area contributed by atoms with E-state index in [-0.39, 0.29) is 27.9 Å². The molecule has 2 bridgehead atoms. The molecule has 3 fully saturated rings. The zero-order valence-corrected chi connectivity index (χ0v) is 23.0. The summed E-state index contributed by atoms with van der Waals surface area (Å²) in [5, 5.41) is 23.3. The molecule has 1 aromatic carbocycles. The molecule has 7 unspecified atom stereocenters. The summed E-state index contributed by atoms with van der Waals surface area (Å²) in [6.07, 6.45) is 5.52. The first-order valence-corrected chi connectivity index (χ1v) is 13.7. The molecule has 2 aliphatic heterocycles. The van der Waals surface area contributed by atoms with Crippen LogP contribution in [0.5, 0.6) is 11.5 Å². The van der Waals surface area contributed by atoms with Crippen LogP contribution in [0.2, 0.25) is 0 Å². The van der Waals surface area contributed by atoms with Gasteiger partial charge in [-0.2, -0.15) is 0 Å². The van der Waals surface area contributed by atoms with Crippen molar-refractivity contribution in [2.45, 2.75) is 109 Å². The van der Waals surface area contributed by atoms with Crippen LogP contribution in [-0.2, 0) is 16.6 Å². The summed E-state index contributed by atoms with van der Waals surface area (Å²) in [7, 11) is 1.78. The average molecular weight is 484 g/mol. The lowest BCUT2D eigenvalue weighted by atomic mass is 9.35. The largest absolute Gasteiger partial charge is 0.504 e. The minimum Gasteiger partial charge on any atom is -0.504 e. The van der Waals surface area contributed by atoms with Gasteiger partial charge in [-0.1, -0.05) is 33.8 Å². The van der Waals surface area contributed by atoms with Gasteiger partial charge in [0.05, 0.1) is 5.60 Å². The quantitative estimate of drug-likeness (QED) is 0.628. The normalized spacial score (nSPS) is 43.9. The SMILES string of the molecule is COC1(C)C(C(C)(O)C(C)(C)C)CC2(C)C3Cc4ccc(O)c5c4C2(CCN3CC2CC2)C1(C)O5. The minimum atomic E-state index is -0.985. The molecule has 1 saturated heterocycles. The monoisotopic (exact) mass is 483 g/mol. The van der Waals surface area contributed by atoms with Gasteiger partial charge in [0.2, 0.25) is 0 Å². The van der Waals surface area contributed by atoms with Crippen molar-refractivity contribution in [1.29, 1.82) is 0 Å². The third-order valence-electron chi connectivity index (χ3n) is 12.2. The molecule has 5 nitrogen and oxygen atoms in total. The van der Waals surface area contributed by atoms with Crippen molar-refractivity contribution in [3.63, 3.8) is 0 Å². The second-order valence-corrected chi connectivity index (χ2v) is 14.3. The molecule has 1 aromatic rings. The van der Waals surface area contributed by atoms with Crippen molar-refractivity contribution in [3.05, 3.63) is 23.3 Å². The van der Waals surface area contributed by atoms with Gasteiger partial charge in [-0.25, -0.2) is 0 Å². The van der Waals surface area contributed by atoms with Crippen LogP contribution in [-0.4, -0.2) is 58.2 Å². The Bertz CT molecular complexity index is 1070. The Morgan fingerprint density at radius 3 is 2.43 bits per heavy atom. The molecule has 0 amide bonds. The van der Waals surface area contributed by atoms with Crippen LogP contribution in [0.25, 0.3) is 0 Å². The van der Waals surface area contributed by atoms with Gasteiger partial charge in [0.1, 0.15) is 11.2 Å². The number of phenolic OH excluding ortho intramolecular Hbond substituents is 1. The van der Waals surface area contributed by atoms with Crippen LogP contribution in [0.15, 0.2) is 12.1 Å². The number of benzene rings is 1. The van der Waals surface area contributed by atoms with E-state index in [9.17, 15) is 10.2 Å². The number of methoxy groups -OCH3 is 1. The first-order chi connectivity index (χ1) is 16.2. The molecular formula is C30H45NO4. The highest BCUT2D eigenvalue weighted by molar-refractivity contribution is 5.64. The predicted octanol–water partition coefficient (Wildman–Crippen LogP) is 5.05. The topological polar surface area (TPSA) is 62.2 Å². The summed E-state index contributed by atoms with van der Waals surface area (Å²) in [6.45, 7) is 17.5. The second kappa shape index (κ2) is 6.76. The van der Waals surface area contributed by atoms with Crippen LogP contribution in [0.3, 0.4) is 0 Å². The van der Waals surface area contributed by atoms with Crippen LogP contribution in [0.4, 0.5) is 0 Å². The number of hydrogen-bond donors (Lipinski definition) is 2. The lowest BCUT2D eigenvalue weighted by Gasteiger charge is -2.73. The lowest BCUT2D eigenvalue weighted by molar-refractivity contribution is -0.304. The number of ether oxygens (including phenoxy) is 2. The van der Waals surface area contributed by atoms with E-state index in [1.54, 1.807) is 7.11 Å². The summed E-state index contributed by atoms with van der Waals surface area (Å²) in [5.41, 5.74) is -0.688. The number of aliphatic hydroxyl groups is 1. The van der Waals surface area contributed by atoms with E-state index >= 15 is 0 Å². The number of aromatic hydroxyl groups is 1. The summed E-state index contributed by atoms with van der Waals surface area (Å²) >= 11 is 0. The van der Waals surface area contributed by atoms with Crippen LogP contribution in [0, 0.1) is 22.7 Å². The fourth-order valence-electron chi connectivity index (χ4n) is 9.31. The van der Waals surface area contributed by atoms with E-state index in [1.807, 2.05) is 13.0 Å². The molecule has 0 aromatic heterocycles. The number of rotatable bonds is 4. The Morgan fingerprint density at radius 2 is 1.83 bits per heavy atom. The smallest absolute Gasteiger partial charge is 0.166 e. The Balaban J connectivity index is 1.63. The first kappa shape index (κ1) is 24.1. The summed E-state index contributed by atoms with van der Waals surface area (Å²) < 4.78 is 13.6. The Kier molecular flexibility index (Phi) is 4.65. The van der Waals surface area contributed by atoms with Gasteiger partial charge in [-0.15, -0.1) is 0 Å². The fraction of sp³-hybridized carbons (Fsp3) is 0.800. The third-order valence-corrected chi connectivity index (χ3v) is 12.2. The van der Waals surface area contributed by atoms with E-state index < -0.39 is 16.8 Å². The molecule has 2 heterocycles. The van der Waals surface area contributed by atoms with Gasteiger partial charge in [-0.05, 0) is 87.8 Å². The Labute approximate surface area is 211 Å². The van der Waals surface area contributed by atoms with E-state index in [2.05, 4.69) is 52.5 Å². The molecule has 6 rings (SSSR count). The van der Waals surface area contributed by atoms with Crippen molar-refractivity contribution in [1.82, 2.24) is 4.90 Å². The Morgan fingerprint density at radius 1 is 1.14 bits per heavy atom. The van der Waals surface area contributed by atoms with Crippen molar-refractivity contribution in [3.8, 4) is 11.5 Å². The Hall–Kier alpha value is -1.30. The van der Waals surface area contributed by atoms with Crippen molar-refractivity contribution >= 4 is 0 Å². The standard InChI is InChI=1S/C30H45NO4/c1-25(2,3)27(5,33)21-16-26(4)22-15-19-11-12-20(32)24-23(19)30(26,13-14-31(22)17-18-9-10-18)29(7,35-24)28(21,6)34-8/h11-12,18,21-22,32-33H,9-10,13-17H2,1-8H3. The maximum atomic E-state index is 12.3. The zero-order chi connectivity index (χ0) is 25.4. The van der Waals surface area contributed by atoms with Crippen molar-refractivity contribution in [2.24, 2.45) is 22.7 Å². The fourth-order valence-corrected chi connectivity index (χ4v) is 9.31. The number of hydrogen-bond acceptors (Lipinski definition) is 5. The van der Waals surface area contributed by atoms with Crippen LogP contribution >= 0.6 is 0 Å². The highest BCUT2D eigenvalue weighted by atomic mass is 16.6. The van der Waals surface area contributed by atoms with E-state index in [4.69, 9.17) is 9.47 Å². The predicted molar refractivity (Wildman–Crippen MR) is 137 cm³/mol.